The van der Waals surface area contributed by atoms with E-state index in [2.05, 4.69) is 10.3 Å². The number of amides is 1. The highest BCUT2D eigenvalue weighted by Gasteiger charge is 2.30. The van der Waals surface area contributed by atoms with Crippen molar-refractivity contribution in [1.82, 2.24) is 10.3 Å². The van der Waals surface area contributed by atoms with Crippen molar-refractivity contribution in [1.29, 1.82) is 0 Å². The van der Waals surface area contributed by atoms with Gasteiger partial charge in [-0.3, -0.25) is 14.6 Å². The van der Waals surface area contributed by atoms with Crippen LogP contribution in [-0.4, -0.2) is 28.0 Å². The van der Waals surface area contributed by atoms with E-state index >= 15 is 0 Å². The van der Waals surface area contributed by atoms with Gasteiger partial charge in [0.15, 0.2) is 0 Å². The standard InChI is InChI=1S/C21H16F4N2O4/c1-11(20(29)30)27-19(28)16-8-17(22)14-4-2-3-5-15(14)18(16)31-10-13-7-6-12(9-26-13)21(23,24)25/h2-9,11H,10H2,1H3,(H,27,28)(H,29,30). The monoisotopic (exact) mass is 436 g/mol. The normalized spacial score (nSPS) is 12.4. The molecule has 0 aliphatic heterocycles. The van der Waals surface area contributed by atoms with E-state index in [4.69, 9.17) is 9.84 Å². The van der Waals surface area contributed by atoms with E-state index in [-0.39, 0.29) is 34.4 Å². The zero-order valence-electron chi connectivity index (χ0n) is 16.0. The summed E-state index contributed by atoms with van der Waals surface area (Å²) in [6.07, 6.45) is -3.88. The molecule has 0 aliphatic carbocycles. The zero-order valence-corrected chi connectivity index (χ0v) is 16.0. The number of aromatic nitrogens is 1. The van der Waals surface area contributed by atoms with Gasteiger partial charge in [0.05, 0.1) is 16.8 Å². The van der Waals surface area contributed by atoms with Crippen molar-refractivity contribution in [2.45, 2.75) is 25.7 Å². The molecular weight excluding hydrogens is 420 g/mol. The van der Waals surface area contributed by atoms with E-state index in [0.717, 1.165) is 18.2 Å². The number of carbonyl (C=O) groups excluding carboxylic acids is 1. The molecule has 3 rings (SSSR count). The maximum absolute atomic E-state index is 14.5. The number of fused-ring (bicyclic) bond motifs is 1. The average molecular weight is 436 g/mol. The van der Waals surface area contributed by atoms with Crippen LogP contribution in [-0.2, 0) is 17.6 Å². The number of alkyl halides is 3. The Kier molecular flexibility index (Phi) is 6.09. The van der Waals surface area contributed by atoms with Crippen LogP contribution in [0.2, 0.25) is 0 Å². The second kappa shape index (κ2) is 8.58. The summed E-state index contributed by atoms with van der Waals surface area (Å²) in [7, 11) is 0. The first kappa shape index (κ1) is 22.0. The van der Waals surface area contributed by atoms with Crippen LogP contribution in [0.4, 0.5) is 17.6 Å². The molecule has 162 valence electrons. The fourth-order valence-corrected chi connectivity index (χ4v) is 2.79. The molecule has 6 nitrogen and oxygen atoms in total. The number of nitrogens with one attached hydrogen (secondary N) is 1. The molecule has 10 heteroatoms. The fraction of sp³-hybridized carbons (Fsp3) is 0.190. The third kappa shape index (κ3) is 4.90. The van der Waals surface area contributed by atoms with Crippen molar-refractivity contribution in [2.24, 2.45) is 0 Å². The number of carboxylic acids is 1. The van der Waals surface area contributed by atoms with Gasteiger partial charge in [0.2, 0.25) is 0 Å². The Morgan fingerprint density at radius 2 is 1.84 bits per heavy atom. The Morgan fingerprint density at radius 3 is 2.42 bits per heavy atom. The minimum absolute atomic E-state index is 0.0474. The first-order valence-electron chi connectivity index (χ1n) is 8.97. The van der Waals surface area contributed by atoms with Gasteiger partial charge in [-0.1, -0.05) is 24.3 Å². The van der Waals surface area contributed by atoms with E-state index in [0.29, 0.717) is 6.20 Å². The molecule has 0 spiro atoms. The summed E-state index contributed by atoms with van der Waals surface area (Å²) in [5.41, 5.74) is -1.03. The third-order valence-electron chi connectivity index (χ3n) is 4.42. The first-order valence-corrected chi connectivity index (χ1v) is 8.97. The number of aliphatic carboxylic acids is 1. The number of carboxylic acid groups (broad SMARTS) is 1. The number of rotatable bonds is 6. The minimum atomic E-state index is -4.54. The largest absolute Gasteiger partial charge is 0.486 e. The van der Waals surface area contributed by atoms with Crippen molar-refractivity contribution < 1.29 is 37.0 Å². The molecule has 0 radical (unpaired) electrons. The van der Waals surface area contributed by atoms with Crippen LogP contribution in [0.15, 0.2) is 48.7 Å². The number of nitrogens with zero attached hydrogens (tertiary/aromatic N) is 1. The summed E-state index contributed by atoms with van der Waals surface area (Å²) in [4.78, 5) is 27.3. The van der Waals surface area contributed by atoms with Gasteiger partial charge in [-0.15, -0.1) is 0 Å². The number of ether oxygens (including phenoxy) is 1. The molecule has 1 heterocycles. The highest BCUT2D eigenvalue weighted by Crippen LogP contribution is 2.33. The van der Waals surface area contributed by atoms with Crippen LogP contribution < -0.4 is 10.1 Å². The molecule has 0 aliphatic rings. The molecule has 0 fully saturated rings. The lowest BCUT2D eigenvalue weighted by Gasteiger charge is -2.16. The van der Waals surface area contributed by atoms with E-state index in [1.165, 1.54) is 19.1 Å². The molecule has 1 amide bonds. The SMILES string of the molecule is CC(NC(=O)c1cc(F)c2ccccc2c1OCc1ccc(C(F)(F)F)cn1)C(=O)O. The number of hydrogen-bond acceptors (Lipinski definition) is 4. The lowest BCUT2D eigenvalue weighted by atomic mass is 10.0. The lowest BCUT2D eigenvalue weighted by molar-refractivity contribution is -0.139. The molecule has 0 saturated heterocycles. The van der Waals surface area contributed by atoms with Gasteiger partial charge in [-0.25, -0.2) is 4.39 Å². The number of pyridine rings is 1. The molecule has 0 bridgehead atoms. The fourth-order valence-electron chi connectivity index (χ4n) is 2.79. The maximum Gasteiger partial charge on any atom is 0.417 e. The first-order chi connectivity index (χ1) is 14.6. The molecule has 3 aromatic rings. The van der Waals surface area contributed by atoms with Gasteiger partial charge in [-0.2, -0.15) is 13.2 Å². The minimum Gasteiger partial charge on any atom is -0.486 e. The van der Waals surface area contributed by atoms with Crippen LogP contribution in [0.25, 0.3) is 10.8 Å². The highest BCUT2D eigenvalue weighted by atomic mass is 19.4. The summed E-state index contributed by atoms with van der Waals surface area (Å²) in [6.45, 7) is 0.937. The zero-order chi connectivity index (χ0) is 22.8. The highest BCUT2D eigenvalue weighted by molar-refractivity contribution is 6.05. The van der Waals surface area contributed by atoms with Crippen molar-refractivity contribution >= 4 is 22.6 Å². The Balaban J connectivity index is 1.96. The molecule has 2 aromatic carbocycles. The van der Waals surface area contributed by atoms with Crippen LogP contribution >= 0.6 is 0 Å². The number of hydrogen-bond donors (Lipinski definition) is 2. The van der Waals surface area contributed by atoms with Crippen LogP contribution in [0.5, 0.6) is 5.75 Å². The lowest BCUT2D eigenvalue weighted by Crippen LogP contribution is -2.38. The Labute approximate surface area is 173 Å². The van der Waals surface area contributed by atoms with E-state index < -0.39 is 35.5 Å². The molecule has 1 unspecified atom stereocenters. The van der Waals surface area contributed by atoms with Gasteiger partial charge in [0.25, 0.3) is 5.91 Å². The predicted octanol–water partition coefficient (Wildman–Crippen LogP) is 4.17. The third-order valence-corrected chi connectivity index (χ3v) is 4.42. The summed E-state index contributed by atoms with van der Waals surface area (Å²) in [5, 5.41) is 11.6. The molecule has 2 N–H and O–H groups in total. The summed E-state index contributed by atoms with van der Waals surface area (Å²) in [6, 6.07) is 7.79. The molecule has 0 saturated carbocycles. The van der Waals surface area contributed by atoms with Gasteiger partial charge >= 0.3 is 12.1 Å². The number of carbonyl (C=O) groups is 2. The Bertz CT molecular complexity index is 1130. The van der Waals surface area contributed by atoms with E-state index in [1.54, 1.807) is 12.1 Å². The number of halogens is 4. The Morgan fingerprint density at radius 1 is 1.16 bits per heavy atom. The second-order valence-corrected chi connectivity index (χ2v) is 6.64. The maximum atomic E-state index is 14.5. The summed E-state index contributed by atoms with van der Waals surface area (Å²) in [5.74, 6) is -2.93. The van der Waals surface area contributed by atoms with Gasteiger partial charge < -0.3 is 15.2 Å². The molecule has 1 atom stereocenters. The molecular formula is C21H16F4N2O4. The molecule has 31 heavy (non-hydrogen) atoms. The van der Waals surface area contributed by atoms with Crippen LogP contribution in [0, 0.1) is 5.82 Å². The van der Waals surface area contributed by atoms with Crippen LogP contribution in [0.3, 0.4) is 0 Å². The van der Waals surface area contributed by atoms with Gasteiger partial charge in [0.1, 0.15) is 24.2 Å². The van der Waals surface area contributed by atoms with Crippen molar-refractivity contribution in [3.05, 3.63) is 71.3 Å². The van der Waals surface area contributed by atoms with E-state index in [9.17, 15) is 27.2 Å². The quantitative estimate of drug-likeness (QED) is 0.566. The average Bonchev–Trinajstić information content (AvgIpc) is 2.72. The van der Waals surface area contributed by atoms with Gasteiger partial charge in [-0.05, 0) is 25.1 Å². The second-order valence-electron chi connectivity index (χ2n) is 6.64. The smallest absolute Gasteiger partial charge is 0.417 e. The number of benzene rings is 2. The van der Waals surface area contributed by atoms with Crippen molar-refractivity contribution in [3.63, 3.8) is 0 Å². The van der Waals surface area contributed by atoms with Crippen molar-refractivity contribution in [3.8, 4) is 5.75 Å². The summed E-state index contributed by atoms with van der Waals surface area (Å²) < 4.78 is 58.3. The van der Waals surface area contributed by atoms with Crippen LogP contribution in [0.1, 0.15) is 28.5 Å². The predicted molar refractivity (Wildman–Crippen MR) is 102 cm³/mol. The van der Waals surface area contributed by atoms with Gasteiger partial charge in [0, 0.05) is 17.0 Å². The summed E-state index contributed by atoms with van der Waals surface area (Å²) >= 11 is 0. The topological polar surface area (TPSA) is 88.5 Å². The van der Waals surface area contributed by atoms with Crippen molar-refractivity contribution in [2.75, 3.05) is 0 Å². The Hall–Kier alpha value is -3.69. The molecule has 1 aromatic heterocycles. The van der Waals surface area contributed by atoms with E-state index in [1.807, 2.05) is 0 Å².